The van der Waals surface area contributed by atoms with Crippen molar-refractivity contribution in [2.75, 3.05) is 16.8 Å². The number of amides is 1. The maximum absolute atomic E-state index is 12.7. The second kappa shape index (κ2) is 6.90. The van der Waals surface area contributed by atoms with Crippen molar-refractivity contribution in [3.63, 3.8) is 0 Å². The summed E-state index contributed by atoms with van der Waals surface area (Å²) in [5.74, 6) is 0.446. The number of halogens is 1. The summed E-state index contributed by atoms with van der Waals surface area (Å²) in [7, 11) is 0. The molecule has 24 heavy (non-hydrogen) atoms. The summed E-state index contributed by atoms with van der Waals surface area (Å²) in [6.45, 7) is 2.48. The Kier molecular flexibility index (Phi) is 4.68. The van der Waals surface area contributed by atoms with Gasteiger partial charge in [-0.3, -0.25) is 4.79 Å². The first kappa shape index (κ1) is 16.3. The first-order valence-corrected chi connectivity index (χ1v) is 8.17. The molecular weight excluding hydrogens is 324 g/mol. The van der Waals surface area contributed by atoms with Gasteiger partial charge in [0.2, 0.25) is 5.91 Å². The van der Waals surface area contributed by atoms with Crippen molar-refractivity contribution in [3.8, 4) is 6.07 Å². The summed E-state index contributed by atoms with van der Waals surface area (Å²) in [6, 6.07) is 11.2. The van der Waals surface area contributed by atoms with E-state index in [1.54, 1.807) is 6.92 Å². The summed E-state index contributed by atoms with van der Waals surface area (Å²) in [4.78, 5) is 18.9. The number of nitriles is 1. The lowest BCUT2D eigenvalue weighted by molar-refractivity contribution is -0.117. The molecule has 1 amide bonds. The molecule has 122 valence electrons. The van der Waals surface area contributed by atoms with Gasteiger partial charge < -0.3 is 10.2 Å². The van der Waals surface area contributed by atoms with Crippen LogP contribution in [0.1, 0.15) is 24.0 Å². The van der Waals surface area contributed by atoms with Crippen LogP contribution in [0.25, 0.3) is 0 Å². The molecule has 1 fully saturated rings. The monoisotopic (exact) mass is 340 g/mol. The summed E-state index contributed by atoms with van der Waals surface area (Å²) in [5, 5.41) is 12.9. The first-order chi connectivity index (χ1) is 11.6. The molecule has 1 N–H and O–H groups in total. The SMILES string of the molecule is Cc1c(Cl)cnc(N2CCC[C@@H]2C(=O)Nc2ccccc2)c1C#N. The number of aromatic nitrogens is 1. The number of rotatable bonds is 3. The lowest BCUT2D eigenvalue weighted by Gasteiger charge is -2.26. The minimum Gasteiger partial charge on any atom is -0.343 e. The number of anilines is 2. The number of benzene rings is 1. The van der Waals surface area contributed by atoms with Gasteiger partial charge >= 0.3 is 0 Å². The summed E-state index contributed by atoms with van der Waals surface area (Å²) in [6.07, 6.45) is 3.14. The standard InChI is InChI=1S/C18H17ClN4O/c1-12-14(10-20)17(21-11-15(12)19)23-9-5-8-16(23)18(24)22-13-6-3-2-4-7-13/h2-4,6-7,11,16H,5,8-9H2,1H3,(H,22,24)/t16-/m1/s1. The van der Waals surface area contributed by atoms with Crippen molar-refractivity contribution in [2.24, 2.45) is 0 Å². The summed E-state index contributed by atoms with van der Waals surface area (Å²) in [5.41, 5.74) is 1.88. The minimum atomic E-state index is -0.342. The van der Waals surface area contributed by atoms with E-state index in [9.17, 15) is 10.1 Å². The highest BCUT2D eigenvalue weighted by molar-refractivity contribution is 6.31. The van der Waals surface area contributed by atoms with Gasteiger partial charge in [-0.15, -0.1) is 0 Å². The largest absolute Gasteiger partial charge is 0.343 e. The van der Waals surface area contributed by atoms with Crippen molar-refractivity contribution in [3.05, 3.63) is 52.7 Å². The summed E-state index contributed by atoms with van der Waals surface area (Å²) < 4.78 is 0. The highest BCUT2D eigenvalue weighted by Crippen LogP contribution is 2.31. The average molecular weight is 341 g/mol. The van der Waals surface area contributed by atoms with Crippen LogP contribution in [-0.2, 0) is 4.79 Å². The van der Waals surface area contributed by atoms with E-state index in [2.05, 4.69) is 16.4 Å². The fourth-order valence-corrected chi connectivity index (χ4v) is 3.10. The highest BCUT2D eigenvalue weighted by Gasteiger charge is 2.33. The molecule has 2 aromatic rings. The molecule has 0 aliphatic carbocycles. The van der Waals surface area contributed by atoms with E-state index in [1.165, 1.54) is 6.20 Å². The zero-order valence-electron chi connectivity index (χ0n) is 13.3. The van der Waals surface area contributed by atoms with E-state index >= 15 is 0 Å². The van der Waals surface area contributed by atoms with Crippen molar-refractivity contribution >= 4 is 29.0 Å². The fourth-order valence-electron chi connectivity index (χ4n) is 2.96. The topological polar surface area (TPSA) is 69.0 Å². The zero-order chi connectivity index (χ0) is 17.1. The van der Waals surface area contributed by atoms with Gasteiger partial charge in [0.1, 0.15) is 17.9 Å². The van der Waals surface area contributed by atoms with Gasteiger partial charge in [0.15, 0.2) is 0 Å². The Bertz CT molecular complexity index is 801. The number of carbonyl (C=O) groups is 1. The number of pyridine rings is 1. The zero-order valence-corrected chi connectivity index (χ0v) is 14.0. The van der Waals surface area contributed by atoms with E-state index in [4.69, 9.17) is 11.6 Å². The van der Waals surface area contributed by atoms with E-state index in [0.717, 1.165) is 18.5 Å². The van der Waals surface area contributed by atoms with Crippen molar-refractivity contribution in [1.82, 2.24) is 4.98 Å². The van der Waals surface area contributed by atoms with Crippen LogP contribution in [0.15, 0.2) is 36.5 Å². The lowest BCUT2D eigenvalue weighted by atomic mass is 10.1. The third-order valence-corrected chi connectivity index (χ3v) is 4.62. The quantitative estimate of drug-likeness (QED) is 0.928. The summed E-state index contributed by atoms with van der Waals surface area (Å²) >= 11 is 6.07. The number of nitrogens with one attached hydrogen (secondary N) is 1. The molecule has 3 rings (SSSR count). The Balaban J connectivity index is 1.88. The lowest BCUT2D eigenvalue weighted by Crippen LogP contribution is -2.40. The average Bonchev–Trinajstić information content (AvgIpc) is 3.07. The van der Waals surface area contributed by atoms with Gasteiger partial charge in [0.25, 0.3) is 0 Å². The minimum absolute atomic E-state index is 0.0861. The van der Waals surface area contributed by atoms with Crippen LogP contribution in [0, 0.1) is 18.3 Å². The van der Waals surface area contributed by atoms with Gasteiger partial charge in [-0.25, -0.2) is 4.98 Å². The molecule has 0 unspecified atom stereocenters. The second-order valence-corrected chi connectivity index (χ2v) is 6.16. The number of hydrogen-bond acceptors (Lipinski definition) is 4. The van der Waals surface area contributed by atoms with Crippen LogP contribution < -0.4 is 10.2 Å². The molecule has 0 spiro atoms. The maximum atomic E-state index is 12.7. The van der Waals surface area contributed by atoms with E-state index < -0.39 is 0 Å². The first-order valence-electron chi connectivity index (χ1n) is 7.79. The van der Waals surface area contributed by atoms with Crippen LogP contribution >= 0.6 is 11.6 Å². The van der Waals surface area contributed by atoms with Gasteiger partial charge in [-0.05, 0) is 37.5 Å². The van der Waals surface area contributed by atoms with Crippen molar-refractivity contribution in [2.45, 2.75) is 25.8 Å². The van der Waals surface area contributed by atoms with Gasteiger partial charge in [-0.2, -0.15) is 5.26 Å². The number of nitrogens with zero attached hydrogens (tertiary/aromatic N) is 3. The molecular formula is C18H17ClN4O. The van der Waals surface area contributed by atoms with Crippen LogP contribution in [0.2, 0.25) is 5.02 Å². The molecule has 5 nitrogen and oxygen atoms in total. The Morgan fingerprint density at radius 3 is 2.88 bits per heavy atom. The molecule has 1 aliphatic rings. The molecule has 2 heterocycles. The maximum Gasteiger partial charge on any atom is 0.247 e. The second-order valence-electron chi connectivity index (χ2n) is 5.75. The van der Waals surface area contributed by atoms with Gasteiger partial charge in [-0.1, -0.05) is 29.8 Å². The molecule has 1 aromatic carbocycles. The van der Waals surface area contributed by atoms with Crippen LogP contribution in [0.3, 0.4) is 0 Å². The van der Waals surface area contributed by atoms with Gasteiger partial charge in [0, 0.05) is 18.4 Å². The van der Waals surface area contributed by atoms with Gasteiger partial charge in [0.05, 0.1) is 10.6 Å². The Labute approximate surface area is 145 Å². The predicted molar refractivity (Wildman–Crippen MR) is 94.1 cm³/mol. The Morgan fingerprint density at radius 1 is 1.42 bits per heavy atom. The van der Waals surface area contributed by atoms with E-state index in [0.29, 0.717) is 28.5 Å². The highest BCUT2D eigenvalue weighted by atomic mass is 35.5. The molecule has 1 saturated heterocycles. The fraction of sp³-hybridized carbons (Fsp3) is 0.278. The molecule has 0 bridgehead atoms. The molecule has 1 aliphatic heterocycles. The number of hydrogen-bond donors (Lipinski definition) is 1. The molecule has 1 atom stereocenters. The van der Waals surface area contributed by atoms with Crippen molar-refractivity contribution < 1.29 is 4.79 Å². The third kappa shape index (κ3) is 3.06. The van der Waals surface area contributed by atoms with Crippen molar-refractivity contribution in [1.29, 1.82) is 5.26 Å². The third-order valence-electron chi connectivity index (χ3n) is 4.24. The van der Waals surface area contributed by atoms with Crippen LogP contribution in [0.4, 0.5) is 11.5 Å². The Morgan fingerprint density at radius 2 is 2.17 bits per heavy atom. The smallest absolute Gasteiger partial charge is 0.247 e. The predicted octanol–water partition coefficient (Wildman–Crippen LogP) is 3.52. The molecule has 1 aromatic heterocycles. The molecule has 6 heteroatoms. The number of para-hydroxylation sites is 1. The Hall–Kier alpha value is -2.58. The molecule has 0 radical (unpaired) electrons. The van der Waals surface area contributed by atoms with Crippen LogP contribution in [0.5, 0.6) is 0 Å². The van der Waals surface area contributed by atoms with Crippen LogP contribution in [-0.4, -0.2) is 23.5 Å². The molecule has 0 saturated carbocycles. The van der Waals surface area contributed by atoms with E-state index in [-0.39, 0.29) is 11.9 Å². The van der Waals surface area contributed by atoms with E-state index in [1.807, 2.05) is 35.2 Å². The normalized spacial score (nSPS) is 16.7. The number of carbonyl (C=O) groups excluding carboxylic acids is 1.